The molecule has 0 spiro atoms. The Morgan fingerprint density at radius 2 is 1.64 bits per heavy atom. The Balaban J connectivity index is 1.74. The summed E-state index contributed by atoms with van der Waals surface area (Å²) in [6.45, 7) is 0. The van der Waals surface area contributed by atoms with Crippen molar-refractivity contribution >= 4 is 44.1 Å². The van der Waals surface area contributed by atoms with E-state index >= 15 is 0 Å². The van der Waals surface area contributed by atoms with Crippen LogP contribution in [0.4, 0.5) is 13.9 Å². The second-order valence-electron chi connectivity index (χ2n) is 6.60. The fourth-order valence-electron chi connectivity index (χ4n) is 3.07. The van der Waals surface area contributed by atoms with Crippen LogP contribution in [0.15, 0.2) is 65.6 Å². The quantitative estimate of drug-likeness (QED) is 0.355. The lowest BCUT2D eigenvalue weighted by molar-refractivity contribution is 0.101. The van der Waals surface area contributed by atoms with Crippen LogP contribution in [-0.2, 0) is 10.1 Å². The number of carbonyl (C=O) groups is 1. The van der Waals surface area contributed by atoms with E-state index < -0.39 is 38.1 Å². The molecule has 33 heavy (non-hydrogen) atoms. The molecule has 4 aromatic rings. The third-order valence-electron chi connectivity index (χ3n) is 4.51. The van der Waals surface area contributed by atoms with E-state index in [0.29, 0.717) is 5.56 Å². The maximum atomic E-state index is 13.8. The second kappa shape index (κ2) is 8.94. The van der Waals surface area contributed by atoms with E-state index in [1.165, 1.54) is 12.1 Å². The zero-order valence-corrected chi connectivity index (χ0v) is 18.7. The Morgan fingerprint density at radius 3 is 2.27 bits per heavy atom. The molecule has 7 nitrogen and oxygen atoms in total. The summed E-state index contributed by atoms with van der Waals surface area (Å²) in [5.41, 5.74) is 0.00525. The van der Waals surface area contributed by atoms with Crippen LogP contribution in [0, 0.1) is 11.6 Å². The summed E-state index contributed by atoms with van der Waals surface area (Å²) in [5.74, 6) is -3.12. The number of hydrogen-bond acceptors (Lipinski definition) is 6. The van der Waals surface area contributed by atoms with Gasteiger partial charge in [0.1, 0.15) is 22.1 Å². The van der Waals surface area contributed by atoms with Gasteiger partial charge in [0.05, 0.1) is 5.02 Å². The zero-order valence-electron chi connectivity index (χ0n) is 16.3. The van der Waals surface area contributed by atoms with Crippen LogP contribution in [0.2, 0.25) is 5.02 Å². The van der Waals surface area contributed by atoms with E-state index in [-0.39, 0.29) is 26.3 Å². The Hall–Kier alpha value is -3.25. The van der Waals surface area contributed by atoms with Crippen LogP contribution >= 0.6 is 22.9 Å². The highest BCUT2D eigenvalue weighted by Gasteiger charge is 2.24. The van der Waals surface area contributed by atoms with Gasteiger partial charge in [0.15, 0.2) is 5.01 Å². The number of hydrogen-bond donors (Lipinski definition) is 2. The normalized spacial score (nSPS) is 11.4. The predicted octanol–water partition coefficient (Wildman–Crippen LogP) is 5.30. The molecular formula is C21H12ClF2N3O4S2. The monoisotopic (exact) mass is 507 g/mol. The topological polar surface area (TPSA) is 109 Å². The zero-order chi connectivity index (χ0) is 23.8. The van der Waals surface area contributed by atoms with Gasteiger partial charge in [-0.2, -0.15) is 8.42 Å². The van der Waals surface area contributed by atoms with Crippen LogP contribution in [0.5, 0.6) is 0 Å². The van der Waals surface area contributed by atoms with Crippen molar-refractivity contribution in [3.8, 4) is 21.7 Å². The minimum Gasteiger partial charge on any atom is -0.296 e. The molecule has 0 saturated heterocycles. The Kier molecular flexibility index (Phi) is 6.21. The summed E-state index contributed by atoms with van der Waals surface area (Å²) in [7, 11) is -4.60. The maximum absolute atomic E-state index is 13.8. The van der Waals surface area contributed by atoms with E-state index in [9.17, 15) is 26.5 Å². The van der Waals surface area contributed by atoms with Gasteiger partial charge in [0, 0.05) is 11.1 Å². The van der Waals surface area contributed by atoms with Crippen molar-refractivity contribution in [2.75, 3.05) is 5.32 Å². The average molecular weight is 508 g/mol. The summed E-state index contributed by atoms with van der Waals surface area (Å²) in [4.78, 5) is 11.9. The van der Waals surface area contributed by atoms with Crippen LogP contribution < -0.4 is 5.32 Å². The third-order valence-corrected chi connectivity index (χ3v) is 6.67. The van der Waals surface area contributed by atoms with Crippen LogP contribution in [0.1, 0.15) is 10.4 Å². The summed E-state index contributed by atoms with van der Waals surface area (Å²) in [5, 5.41) is 10.1. The third kappa shape index (κ3) is 4.62. The SMILES string of the molecule is O=C(Nc1nnc(-c2ccc(S(=O)(=O)O)c(-c3ccccc3)c2Cl)s1)c1c(F)cccc1F. The molecule has 0 aliphatic heterocycles. The lowest BCUT2D eigenvalue weighted by Gasteiger charge is -2.12. The van der Waals surface area contributed by atoms with Crippen molar-refractivity contribution in [2.45, 2.75) is 4.90 Å². The number of aromatic nitrogens is 2. The van der Waals surface area contributed by atoms with Gasteiger partial charge in [-0.3, -0.25) is 14.7 Å². The fourth-order valence-corrected chi connectivity index (χ4v) is 5.03. The molecule has 0 aliphatic carbocycles. The molecule has 3 aromatic carbocycles. The molecule has 0 aliphatic rings. The van der Waals surface area contributed by atoms with Gasteiger partial charge >= 0.3 is 0 Å². The first-order valence-electron chi connectivity index (χ1n) is 9.11. The molecule has 0 fully saturated rings. The number of anilines is 1. The number of amides is 1. The van der Waals surface area contributed by atoms with Gasteiger partial charge in [-0.05, 0) is 29.8 Å². The first kappa shape index (κ1) is 22.9. The molecule has 1 amide bonds. The molecular weight excluding hydrogens is 496 g/mol. The van der Waals surface area contributed by atoms with E-state index in [1.54, 1.807) is 30.3 Å². The van der Waals surface area contributed by atoms with Crippen molar-refractivity contribution < 1.29 is 26.5 Å². The molecule has 1 aromatic heterocycles. The van der Waals surface area contributed by atoms with Crippen molar-refractivity contribution in [1.29, 1.82) is 0 Å². The van der Waals surface area contributed by atoms with Gasteiger partial charge in [-0.25, -0.2) is 8.78 Å². The smallest absolute Gasteiger partial charge is 0.295 e. The standard InChI is InChI=1S/C21H12ClF2N3O4S2/c22-18-12(9-10-15(33(29,30)31)16(18)11-5-2-1-3-6-11)20-26-27-21(32-20)25-19(28)17-13(23)7-4-8-14(17)24/h1-10H,(H,25,27,28)(H,29,30,31). The van der Waals surface area contributed by atoms with Crippen molar-refractivity contribution in [2.24, 2.45) is 0 Å². The van der Waals surface area contributed by atoms with Crippen LogP contribution in [-0.4, -0.2) is 29.1 Å². The van der Waals surface area contributed by atoms with Crippen molar-refractivity contribution in [1.82, 2.24) is 10.2 Å². The molecule has 2 N–H and O–H groups in total. The van der Waals surface area contributed by atoms with E-state index in [1.807, 2.05) is 0 Å². The molecule has 0 atom stereocenters. The highest BCUT2D eigenvalue weighted by Crippen LogP contribution is 2.41. The van der Waals surface area contributed by atoms with E-state index in [0.717, 1.165) is 29.5 Å². The highest BCUT2D eigenvalue weighted by atomic mass is 35.5. The molecule has 4 rings (SSSR count). The summed E-state index contributed by atoms with van der Waals surface area (Å²) >= 11 is 7.37. The Labute approximate surface area is 195 Å². The summed E-state index contributed by atoms with van der Waals surface area (Å²) in [6.07, 6.45) is 0. The molecule has 12 heteroatoms. The minimum absolute atomic E-state index is 0.0227. The molecule has 0 bridgehead atoms. The van der Waals surface area contributed by atoms with Crippen molar-refractivity contribution in [3.63, 3.8) is 0 Å². The van der Waals surface area contributed by atoms with E-state index in [2.05, 4.69) is 15.5 Å². The van der Waals surface area contributed by atoms with Gasteiger partial charge < -0.3 is 0 Å². The average Bonchev–Trinajstić information content (AvgIpc) is 3.21. The predicted molar refractivity (Wildman–Crippen MR) is 120 cm³/mol. The van der Waals surface area contributed by atoms with Crippen LogP contribution in [0.25, 0.3) is 21.7 Å². The lowest BCUT2D eigenvalue weighted by Crippen LogP contribution is -2.15. The highest BCUT2D eigenvalue weighted by molar-refractivity contribution is 7.86. The Morgan fingerprint density at radius 1 is 0.970 bits per heavy atom. The van der Waals surface area contributed by atoms with E-state index in [4.69, 9.17) is 11.6 Å². The van der Waals surface area contributed by atoms with Gasteiger partial charge in [-0.1, -0.05) is 59.3 Å². The first-order valence-corrected chi connectivity index (χ1v) is 11.7. The molecule has 168 valence electrons. The maximum Gasteiger partial charge on any atom is 0.295 e. The lowest BCUT2D eigenvalue weighted by atomic mass is 10.0. The van der Waals surface area contributed by atoms with Crippen molar-refractivity contribution in [3.05, 3.63) is 82.9 Å². The number of carbonyl (C=O) groups excluding carboxylic acids is 1. The number of halogens is 3. The summed E-state index contributed by atoms with van der Waals surface area (Å²) < 4.78 is 61.2. The molecule has 0 saturated carbocycles. The van der Waals surface area contributed by atoms with Crippen LogP contribution in [0.3, 0.4) is 0 Å². The first-order chi connectivity index (χ1) is 15.7. The van der Waals surface area contributed by atoms with Gasteiger partial charge in [-0.15, -0.1) is 10.2 Å². The summed E-state index contributed by atoms with van der Waals surface area (Å²) in [6, 6.07) is 13.9. The van der Waals surface area contributed by atoms with Gasteiger partial charge in [0.25, 0.3) is 16.0 Å². The molecule has 0 unspecified atom stereocenters. The number of benzene rings is 3. The fraction of sp³-hybridized carbons (Fsp3) is 0. The molecule has 1 heterocycles. The second-order valence-corrected chi connectivity index (χ2v) is 9.35. The number of nitrogens with zero attached hydrogens (tertiary/aromatic N) is 2. The minimum atomic E-state index is -4.60. The molecule has 0 radical (unpaired) electrons. The largest absolute Gasteiger partial charge is 0.296 e. The van der Waals surface area contributed by atoms with Gasteiger partial charge in [0.2, 0.25) is 5.13 Å². The number of rotatable bonds is 5. The Bertz CT molecular complexity index is 1460. The number of nitrogens with one attached hydrogen (secondary N) is 1.